The van der Waals surface area contributed by atoms with Gasteiger partial charge in [0.1, 0.15) is 12.4 Å². The van der Waals surface area contributed by atoms with Crippen molar-refractivity contribution in [3.8, 4) is 0 Å². The molecule has 1 N–H and O–H groups in total. The molecule has 1 saturated carbocycles. The third-order valence-corrected chi connectivity index (χ3v) is 3.46. The predicted molar refractivity (Wildman–Crippen MR) is 69.3 cm³/mol. The Labute approximate surface area is 109 Å². The molecule has 1 aromatic rings. The number of methoxy groups -OCH3 is 1. The van der Waals surface area contributed by atoms with E-state index in [1.54, 1.807) is 13.4 Å². The number of rotatable bonds is 6. The number of furan rings is 1. The van der Waals surface area contributed by atoms with E-state index in [1.807, 2.05) is 13.1 Å². The number of hydrogen-bond acceptors (Lipinski definition) is 4. The van der Waals surface area contributed by atoms with Crippen LogP contribution in [-0.4, -0.2) is 26.4 Å². The summed E-state index contributed by atoms with van der Waals surface area (Å²) in [5.41, 5.74) is 1.16. The van der Waals surface area contributed by atoms with E-state index in [-0.39, 0.29) is 0 Å². The van der Waals surface area contributed by atoms with Gasteiger partial charge in [-0.15, -0.1) is 0 Å². The van der Waals surface area contributed by atoms with Crippen molar-refractivity contribution < 1.29 is 13.9 Å². The summed E-state index contributed by atoms with van der Waals surface area (Å²) in [6.45, 7) is 1.39. The van der Waals surface area contributed by atoms with Gasteiger partial charge in [0, 0.05) is 19.2 Å². The van der Waals surface area contributed by atoms with E-state index in [9.17, 15) is 0 Å². The third-order valence-electron chi connectivity index (χ3n) is 3.46. The molecule has 1 aliphatic rings. The molecule has 1 aliphatic carbocycles. The molecule has 0 saturated heterocycles. The topological polar surface area (TPSA) is 43.6 Å². The van der Waals surface area contributed by atoms with Crippen LogP contribution in [0, 0.1) is 0 Å². The number of nitrogens with one attached hydrogen (secondary N) is 1. The van der Waals surface area contributed by atoms with Crippen LogP contribution in [0.3, 0.4) is 0 Å². The Kier molecular flexibility index (Phi) is 5.23. The molecule has 0 amide bonds. The molecule has 0 aromatic carbocycles. The van der Waals surface area contributed by atoms with Crippen molar-refractivity contribution in [2.45, 2.75) is 51.0 Å². The van der Waals surface area contributed by atoms with E-state index in [1.165, 1.54) is 6.42 Å². The molecule has 1 aromatic heterocycles. The lowest BCUT2D eigenvalue weighted by Gasteiger charge is -2.27. The van der Waals surface area contributed by atoms with Gasteiger partial charge >= 0.3 is 0 Å². The summed E-state index contributed by atoms with van der Waals surface area (Å²) in [4.78, 5) is 0. The highest BCUT2D eigenvalue weighted by molar-refractivity contribution is 5.11. The maximum atomic E-state index is 5.90. The van der Waals surface area contributed by atoms with Gasteiger partial charge < -0.3 is 19.2 Å². The maximum absolute atomic E-state index is 5.90. The van der Waals surface area contributed by atoms with Crippen LogP contribution in [0.1, 0.15) is 37.0 Å². The minimum Gasteiger partial charge on any atom is -0.467 e. The quantitative estimate of drug-likeness (QED) is 0.846. The summed E-state index contributed by atoms with van der Waals surface area (Å²) in [5, 5.41) is 3.10. The zero-order valence-corrected chi connectivity index (χ0v) is 11.3. The molecule has 0 aliphatic heterocycles. The predicted octanol–water partition coefficient (Wildman–Crippen LogP) is 2.47. The molecule has 102 valence electrons. The molecule has 1 fully saturated rings. The van der Waals surface area contributed by atoms with Crippen LogP contribution in [0.5, 0.6) is 0 Å². The highest BCUT2D eigenvalue weighted by Crippen LogP contribution is 2.24. The van der Waals surface area contributed by atoms with Crippen molar-refractivity contribution in [1.29, 1.82) is 0 Å². The molecule has 4 heteroatoms. The largest absolute Gasteiger partial charge is 0.467 e. The number of ether oxygens (including phenoxy) is 2. The van der Waals surface area contributed by atoms with Gasteiger partial charge in [-0.2, -0.15) is 0 Å². The minimum absolute atomic E-state index is 0.307. The maximum Gasteiger partial charge on any atom is 0.129 e. The van der Waals surface area contributed by atoms with Crippen molar-refractivity contribution in [3.05, 3.63) is 23.7 Å². The Hall–Kier alpha value is -0.840. The normalized spacial score (nSPS) is 24.3. The molecule has 0 radical (unpaired) electrons. The molecule has 2 atom stereocenters. The van der Waals surface area contributed by atoms with Gasteiger partial charge in [0.15, 0.2) is 0 Å². The average Bonchev–Trinajstić information content (AvgIpc) is 2.85. The number of hydrogen-bond donors (Lipinski definition) is 1. The second-order valence-electron chi connectivity index (χ2n) is 4.91. The van der Waals surface area contributed by atoms with Crippen molar-refractivity contribution in [2.24, 2.45) is 0 Å². The molecule has 2 rings (SSSR count). The first-order valence-corrected chi connectivity index (χ1v) is 6.67. The van der Waals surface area contributed by atoms with Crippen molar-refractivity contribution in [1.82, 2.24) is 5.32 Å². The fourth-order valence-electron chi connectivity index (χ4n) is 2.47. The Balaban J connectivity index is 1.76. The van der Waals surface area contributed by atoms with Crippen LogP contribution in [0.25, 0.3) is 0 Å². The van der Waals surface area contributed by atoms with Gasteiger partial charge in [-0.1, -0.05) is 0 Å². The Morgan fingerprint density at radius 3 is 3.00 bits per heavy atom. The first-order chi connectivity index (χ1) is 8.81. The van der Waals surface area contributed by atoms with Crippen LogP contribution in [0.15, 0.2) is 16.7 Å². The molecule has 1 heterocycles. The van der Waals surface area contributed by atoms with Crippen LogP contribution in [0.2, 0.25) is 0 Å². The fourth-order valence-corrected chi connectivity index (χ4v) is 2.47. The summed E-state index contributed by atoms with van der Waals surface area (Å²) in [6, 6.07) is 2.05. The van der Waals surface area contributed by atoms with E-state index in [2.05, 4.69) is 5.32 Å². The summed E-state index contributed by atoms with van der Waals surface area (Å²) in [5.74, 6) is 0.903. The van der Waals surface area contributed by atoms with Crippen LogP contribution in [-0.2, 0) is 22.6 Å². The van der Waals surface area contributed by atoms with Crippen LogP contribution in [0.4, 0.5) is 0 Å². The zero-order valence-electron chi connectivity index (χ0n) is 11.3. The molecule has 18 heavy (non-hydrogen) atoms. The fraction of sp³-hybridized carbons (Fsp3) is 0.714. The van der Waals surface area contributed by atoms with Gasteiger partial charge in [-0.25, -0.2) is 0 Å². The minimum atomic E-state index is 0.307. The third kappa shape index (κ3) is 3.83. The Bertz CT molecular complexity index is 351. The van der Waals surface area contributed by atoms with E-state index in [0.29, 0.717) is 18.8 Å². The summed E-state index contributed by atoms with van der Waals surface area (Å²) in [6.07, 6.45) is 6.93. The summed E-state index contributed by atoms with van der Waals surface area (Å²) in [7, 11) is 3.71. The SMILES string of the molecule is CNCc1coc(COC2CCCC(OC)C2)c1. The monoisotopic (exact) mass is 253 g/mol. The Morgan fingerprint density at radius 1 is 1.39 bits per heavy atom. The molecular formula is C14H23NO3. The standard InChI is InChI=1S/C14H23NO3/c1-15-8-11-6-14(17-9-11)10-18-13-5-3-4-12(7-13)16-2/h6,9,12-13,15H,3-5,7-8,10H2,1-2H3. The van der Waals surface area contributed by atoms with Gasteiger partial charge in [0.05, 0.1) is 18.5 Å². The van der Waals surface area contributed by atoms with Gasteiger partial charge in [-0.3, -0.25) is 0 Å². The lowest BCUT2D eigenvalue weighted by molar-refractivity contribution is -0.0405. The average molecular weight is 253 g/mol. The molecule has 0 bridgehead atoms. The molecule has 0 spiro atoms. The molecule has 2 unspecified atom stereocenters. The highest BCUT2D eigenvalue weighted by Gasteiger charge is 2.22. The molecule has 4 nitrogen and oxygen atoms in total. The van der Waals surface area contributed by atoms with E-state index in [4.69, 9.17) is 13.9 Å². The van der Waals surface area contributed by atoms with E-state index in [0.717, 1.165) is 37.1 Å². The van der Waals surface area contributed by atoms with Crippen molar-refractivity contribution in [3.63, 3.8) is 0 Å². The van der Waals surface area contributed by atoms with E-state index >= 15 is 0 Å². The van der Waals surface area contributed by atoms with Gasteiger partial charge in [0.2, 0.25) is 0 Å². The highest BCUT2D eigenvalue weighted by atomic mass is 16.5. The Morgan fingerprint density at radius 2 is 2.22 bits per heavy atom. The smallest absolute Gasteiger partial charge is 0.129 e. The first-order valence-electron chi connectivity index (χ1n) is 6.67. The van der Waals surface area contributed by atoms with Gasteiger partial charge in [-0.05, 0) is 38.8 Å². The van der Waals surface area contributed by atoms with Crippen molar-refractivity contribution in [2.75, 3.05) is 14.2 Å². The zero-order chi connectivity index (χ0) is 12.8. The lowest BCUT2D eigenvalue weighted by Crippen LogP contribution is -2.27. The van der Waals surface area contributed by atoms with E-state index < -0.39 is 0 Å². The second kappa shape index (κ2) is 6.92. The van der Waals surface area contributed by atoms with Gasteiger partial charge in [0.25, 0.3) is 0 Å². The second-order valence-corrected chi connectivity index (χ2v) is 4.91. The van der Waals surface area contributed by atoms with Crippen molar-refractivity contribution >= 4 is 0 Å². The lowest BCUT2D eigenvalue weighted by atomic mass is 9.95. The summed E-state index contributed by atoms with van der Waals surface area (Å²) >= 11 is 0. The van der Waals surface area contributed by atoms with Crippen LogP contribution >= 0.6 is 0 Å². The first kappa shape index (κ1) is 13.6. The molecular weight excluding hydrogens is 230 g/mol. The summed E-state index contributed by atoms with van der Waals surface area (Å²) < 4.78 is 16.8. The van der Waals surface area contributed by atoms with Crippen LogP contribution < -0.4 is 5.32 Å².